The van der Waals surface area contributed by atoms with Crippen LogP contribution in [0.2, 0.25) is 0 Å². The lowest BCUT2D eigenvalue weighted by atomic mass is 10.2. The Kier molecular flexibility index (Phi) is 4.84. The van der Waals surface area contributed by atoms with Crippen molar-refractivity contribution in [3.8, 4) is 0 Å². The third-order valence-electron chi connectivity index (χ3n) is 4.39. The summed E-state index contributed by atoms with van der Waals surface area (Å²) in [6.45, 7) is 10.6. The van der Waals surface area contributed by atoms with Crippen molar-refractivity contribution < 1.29 is 0 Å². The van der Waals surface area contributed by atoms with E-state index in [-0.39, 0.29) is 0 Å². The summed E-state index contributed by atoms with van der Waals surface area (Å²) < 4.78 is 1.90. The normalized spacial score (nSPS) is 15.2. The molecule has 0 saturated carbocycles. The standard InChI is InChI=1S/C16H25N7S/c1-5-12-18-13-11(3)20-21(4)14(13)15(19-12)22-7-9-23(10-8-22)16(24)17-6-2/h5-10H2,1-4H3,(H,17,24). The van der Waals surface area contributed by atoms with Gasteiger partial charge in [-0.1, -0.05) is 6.92 Å². The Morgan fingerprint density at radius 2 is 1.88 bits per heavy atom. The van der Waals surface area contributed by atoms with E-state index in [1.54, 1.807) is 0 Å². The van der Waals surface area contributed by atoms with Crippen molar-refractivity contribution in [1.29, 1.82) is 0 Å². The summed E-state index contributed by atoms with van der Waals surface area (Å²) in [6.07, 6.45) is 0.821. The van der Waals surface area contributed by atoms with E-state index in [0.29, 0.717) is 0 Å². The molecule has 8 heteroatoms. The van der Waals surface area contributed by atoms with Crippen LogP contribution in [0.3, 0.4) is 0 Å². The molecule has 0 bridgehead atoms. The van der Waals surface area contributed by atoms with Crippen LogP contribution in [0.1, 0.15) is 25.4 Å². The van der Waals surface area contributed by atoms with Crippen LogP contribution < -0.4 is 10.2 Å². The molecule has 130 valence electrons. The first kappa shape index (κ1) is 16.9. The Hall–Kier alpha value is -1.96. The van der Waals surface area contributed by atoms with Gasteiger partial charge in [0.1, 0.15) is 16.9 Å². The third-order valence-corrected chi connectivity index (χ3v) is 4.79. The van der Waals surface area contributed by atoms with E-state index >= 15 is 0 Å². The SMILES string of the molecule is CCNC(=S)N1CCN(c2nc(CC)nc3c(C)nn(C)c23)CC1. The Labute approximate surface area is 148 Å². The Bertz CT molecular complexity index is 746. The minimum absolute atomic E-state index is 0.821. The topological polar surface area (TPSA) is 62.1 Å². The van der Waals surface area contributed by atoms with Gasteiger partial charge in [0.05, 0.1) is 5.69 Å². The van der Waals surface area contributed by atoms with E-state index in [0.717, 1.165) is 72.6 Å². The summed E-state index contributed by atoms with van der Waals surface area (Å²) in [5.74, 6) is 1.87. The van der Waals surface area contributed by atoms with Gasteiger partial charge < -0.3 is 15.1 Å². The second-order valence-electron chi connectivity index (χ2n) is 6.03. The molecular weight excluding hydrogens is 322 g/mol. The van der Waals surface area contributed by atoms with Crippen molar-refractivity contribution in [3.63, 3.8) is 0 Å². The number of fused-ring (bicyclic) bond motifs is 1. The number of anilines is 1. The monoisotopic (exact) mass is 347 g/mol. The lowest BCUT2D eigenvalue weighted by Crippen LogP contribution is -2.52. The van der Waals surface area contributed by atoms with E-state index in [2.05, 4.69) is 39.0 Å². The van der Waals surface area contributed by atoms with E-state index in [1.165, 1.54) is 0 Å². The van der Waals surface area contributed by atoms with Crippen molar-refractivity contribution in [1.82, 2.24) is 30.0 Å². The molecule has 2 aromatic heterocycles. The zero-order chi connectivity index (χ0) is 17.3. The van der Waals surface area contributed by atoms with Crippen molar-refractivity contribution in [2.75, 3.05) is 37.6 Å². The molecule has 1 aliphatic rings. The predicted octanol–water partition coefficient (Wildman–Crippen LogP) is 1.25. The zero-order valence-electron chi connectivity index (χ0n) is 14.8. The summed E-state index contributed by atoms with van der Waals surface area (Å²) in [5.41, 5.74) is 2.94. The maximum atomic E-state index is 5.43. The van der Waals surface area contributed by atoms with Gasteiger partial charge in [-0.3, -0.25) is 4.68 Å². The Morgan fingerprint density at radius 3 is 2.50 bits per heavy atom. The fraction of sp³-hybridized carbons (Fsp3) is 0.625. The lowest BCUT2D eigenvalue weighted by Gasteiger charge is -2.37. The average Bonchev–Trinajstić information content (AvgIpc) is 2.88. The molecule has 0 amide bonds. The number of aryl methyl sites for hydroxylation is 3. The number of rotatable bonds is 3. The van der Waals surface area contributed by atoms with E-state index in [4.69, 9.17) is 17.2 Å². The summed E-state index contributed by atoms with van der Waals surface area (Å²) in [4.78, 5) is 14.0. The van der Waals surface area contributed by atoms with E-state index in [1.807, 2.05) is 18.7 Å². The third kappa shape index (κ3) is 3.02. The molecule has 1 fully saturated rings. The maximum Gasteiger partial charge on any atom is 0.169 e. The summed E-state index contributed by atoms with van der Waals surface area (Å²) in [7, 11) is 1.96. The second kappa shape index (κ2) is 6.88. The van der Waals surface area contributed by atoms with Crippen molar-refractivity contribution >= 4 is 34.2 Å². The van der Waals surface area contributed by atoms with Crippen LogP contribution in [-0.2, 0) is 13.5 Å². The van der Waals surface area contributed by atoms with Crippen molar-refractivity contribution in [2.45, 2.75) is 27.2 Å². The van der Waals surface area contributed by atoms with Crippen LogP contribution in [0.15, 0.2) is 0 Å². The van der Waals surface area contributed by atoms with Gasteiger partial charge in [-0.05, 0) is 26.1 Å². The Morgan fingerprint density at radius 1 is 1.17 bits per heavy atom. The molecule has 1 saturated heterocycles. The number of nitrogens with one attached hydrogen (secondary N) is 1. The van der Waals surface area contributed by atoms with Crippen LogP contribution in [0.25, 0.3) is 11.0 Å². The van der Waals surface area contributed by atoms with Crippen molar-refractivity contribution in [3.05, 3.63) is 11.5 Å². The number of piperazine rings is 1. The smallest absolute Gasteiger partial charge is 0.169 e. The molecule has 0 atom stereocenters. The highest BCUT2D eigenvalue weighted by molar-refractivity contribution is 7.80. The Balaban J connectivity index is 1.89. The molecule has 1 N–H and O–H groups in total. The molecular formula is C16H25N7S. The molecule has 3 heterocycles. The molecule has 0 spiro atoms. The predicted molar refractivity (Wildman–Crippen MR) is 100 cm³/mol. The van der Waals surface area contributed by atoms with Gasteiger partial charge in [-0.15, -0.1) is 0 Å². The highest BCUT2D eigenvalue weighted by Crippen LogP contribution is 2.26. The fourth-order valence-corrected chi connectivity index (χ4v) is 3.45. The molecule has 0 aliphatic carbocycles. The molecule has 0 radical (unpaired) electrons. The van der Waals surface area contributed by atoms with Gasteiger partial charge in [0.25, 0.3) is 0 Å². The summed E-state index contributed by atoms with van der Waals surface area (Å²) >= 11 is 5.43. The van der Waals surface area contributed by atoms with Gasteiger partial charge in [0, 0.05) is 46.2 Å². The van der Waals surface area contributed by atoms with Crippen LogP contribution in [-0.4, -0.2) is 62.5 Å². The minimum atomic E-state index is 0.821. The largest absolute Gasteiger partial charge is 0.363 e. The highest BCUT2D eigenvalue weighted by atomic mass is 32.1. The molecule has 0 aromatic carbocycles. The number of thiocarbonyl (C=S) groups is 1. The van der Waals surface area contributed by atoms with Crippen LogP contribution in [0.5, 0.6) is 0 Å². The number of hydrogen-bond donors (Lipinski definition) is 1. The molecule has 2 aromatic rings. The first-order valence-corrected chi connectivity index (χ1v) is 8.93. The molecule has 7 nitrogen and oxygen atoms in total. The van der Waals surface area contributed by atoms with Crippen molar-refractivity contribution in [2.24, 2.45) is 7.05 Å². The fourth-order valence-electron chi connectivity index (χ4n) is 3.12. The van der Waals surface area contributed by atoms with E-state index in [9.17, 15) is 0 Å². The van der Waals surface area contributed by atoms with Crippen LogP contribution >= 0.6 is 12.2 Å². The second-order valence-corrected chi connectivity index (χ2v) is 6.42. The zero-order valence-corrected chi connectivity index (χ0v) is 15.7. The molecule has 0 unspecified atom stereocenters. The van der Waals surface area contributed by atoms with Crippen LogP contribution in [0, 0.1) is 6.92 Å². The first-order chi connectivity index (χ1) is 11.5. The van der Waals surface area contributed by atoms with Gasteiger partial charge in [-0.25, -0.2) is 9.97 Å². The quantitative estimate of drug-likeness (QED) is 0.839. The van der Waals surface area contributed by atoms with E-state index < -0.39 is 0 Å². The number of nitrogens with zero attached hydrogens (tertiary/aromatic N) is 6. The average molecular weight is 347 g/mol. The number of aromatic nitrogens is 4. The first-order valence-electron chi connectivity index (χ1n) is 8.53. The summed E-state index contributed by atoms with van der Waals surface area (Å²) in [5, 5.41) is 8.61. The van der Waals surface area contributed by atoms with Gasteiger partial charge in [0.15, 0.2) is 10.9 Å². The van der Waals surface area contributed by atoms with Gasteiger partial charge in [0.2, 0.25) is 0 Å². The number of hydrogen-bond acceptors (Lipinski definition) is 5. The van der Waals surface area contributed by atoms with Crippen LogP contribution in [0.4, 0.5) is 5.82 Å². The molecule has 1 aliphatic heterocycles. The maximum absolute atomic E-state index is 5.43. The highest BCUT2D eigenvalue weighted by Gasteiger charge is 2.24. The molecule has 3 rings (SSSR count). The minimum Gasteiger partial charge on any atom is -0.363 e. The van der Waals surface area contributed by atoms with Gasteiger partial charge >= 0.3 is 0 Å². The summed E-state index contributed by atoms with van der Waals surface area (Å²) in [6, 6.07) is 0. The van der Waals surface area contributed by atoms with Gasteiger partial charge in [-0.2, -0.15) is 5.10 Å². The molecule has 24 heavy (non-hydrogen) atoms. The lowest BCUT2D eigenvalue weighted by molar-refractivity contribution is 0.380.